The van der Waals surface area contributed by atoms with Gasteiger partial charge in [-0.1, -0.05) is 86.6 Å². The summed E-state index contributed by atoms with van der Waals surface area (Å²) in [7, 11) is 0. The maximum Gasteiger partial charge on any atom is 0.127 e. The van der Waals surface area contributed by atoms with Gasteiger partial charge in [0.1, 0.15) is 11.6 Å². The highest BCUT2D eigenvalue weighted by Gasteiger charge is 2.23. The summed E-state index contributed by atoms with van der Waals surface area (Å²) in [5.74, 6) is 2.58. The van der Waals surface area contributed by atoms with Crippen LogP contribution in [0.25, 0.3) is 11.0 Å². The van der Waals surface area contributed by atoms with Crippen molar-refractivity contribution in [3.63, 3.8) is 0 Å². The van der Waals surface area contributed by atoms with Crippen LogP contribution in [0.1, 0.15) is 60.4 Å². The molecule has 4 heteroatoms. The van der Waals surface area contributed by atoms with E-state index >= 15 is 0 Å². The van der Waals surface area contributed by atoms with Crippen LogP contribution in [-0.4, -0.2) is 16.2 Å². The number of imidazole rings is 1. The Bertz CT molecular complexity index is 1460. The molecule has 0 saturated carbocycles. The van der Waals surface area contributed by atoms with Crippen LogP contribution in [0, 0.1) is 6.92 Å². The zero-order valence-corrected chi connectivity index (χ0v) is 23.3. The smallest absolute Gasteiger partial charge is 0.127 e. The number of unbranched alkanes of at least 4 members (excludes halogenated alkanes) is 1. The van der Waals surface area contributed by atoms with Crippen molar-refractivity contribution < 1.29 is 4.74 Å². The Morgan fingerprint density at radius 3 is 2.29 bits per heavy atom. The van der Waals surface area contributed by atoms with Gasteiger partial charge in [0.2, 0.25) is 0 Å². The summed E-state index contributed by atoms with van der Waals surface area (Å²) >= 11 is 1.86. The Morgan fingerprint density at radius 2 is 1.53 bits per heavy atom. The number of para-hydroxylation sites is 2. The van der Waals surface area contributed by atoms with Crippen LogP contribution in [0.5, 0.6) is 5.75 Å². The van der Waals surface area contributed by atoms with E-state index in [9.17, 15) is 0 Å². The lowest BCUT2D eigenvalue weighted by molar-refractivity contribution is 0.299. The van der Waals surface area contributed by atoms with E-state index in [2.05, 4.69) is 128 Å². The van der Waals surface area contributed by atoms with Crippen LogP contribution in [-0.2, 0) is 6.54 Å². The second kappa shape index (κ2) is 12.4. The molecule has 1 unspecified atom stereocenters. The summed E-state index contributed by atoms with van der Waals surface area (Å²) in [4.78, 5) is 6.43. The molecule has 0 radical (unpaired) electrons. The largest absolute Gasteiger partial charge is 0.493 e. The van der Waals surface area contributed by atoms with E-state index in [-0.39, 0.29) is 5.25 Å². The standard InChI is InChI=1S/C34H36N2OS/c1-25(2)29-21-20-26(3)24-32(29)37-23-13-12-22-36-31-19-11-10-18-30(31)35-34(36)33(27-14-6-4-7-15-27)38-28-16-8-5-9-17-28/h4-11,14-21,24-25,33H,12-13,22-23H2,1-3H3. The van der Waals surface area contributed by atoms with Crippen LogP contribution >= 0.6 is 11.8 Å². The van der Waals surface area contributed by atoms with Crippen molar-refractivity contribution in [2.24, 2.45) is 0 Å². The lowest BCUT2D eigenvalue weighted by atomic mass is 10.0. The molecule has 1 atom stereocenters. The average Bonchev–Trinajstić information content (AvgIpc) is 3.30. The van der Waals surface area contributed by atoms with Gasteiger partial charge in [0, 0.05) is 11.4 Å². The molecule has 194 valence electrons. The first-order valence-electron chi connectivity index (χ1n) is 13.6. The summed E-state index contributed by atoms with van der Waals surface area (Å²) in [5.41, 5.74) is 6.03. The number of benzene rings is 4. The summed E-state index contributed by atoms with van der Waals surface area (Å²) in [5, 5.41) is 0.100. The molecule has 1 aromatic heterocycles. The number of hydrogen-bond acceptors (Lipinski definition) is 3. The van der Waals surface area contributed by atoms with Crippen LogP contribution in [0.2, 0.25) is 0 Å². The van der Waals surface area contributed by atoms with Crippen molar-refractivity contribution in [1.29, 1.82) is 0 Å². The molecule has 0 fully saturated rings. The fourth-order valence-electron chi connectivity index (χ4n) is 4.86. The predicted molar refractivity (Wildman–Crippen MR) is 160 cm³/mol. The maximum atomic E-state index is 6.28. The molecule has 5 aromatic rings. The number of aromatic nitrogens is 2. The minimum atomic E-state index is 0.100. The molecule has 4 aromatic carbocycles. The van der Waals surface area contributed by atoms with Gasteiger partial charge in [-0.15, -0.1) is 11.8 Å². The van der Waals surface area contributed by atoms with Crippen molar-refractivity contribution in [2.75, 3.05) is 6.61 Å². The van der Waals surface area contributed by atoms with Gasteiger partial charge < -0.3 is 9.30 Å². The molecule has 1 heterocycles. The van der Waals surface area contributed by atoms with Gasteiger partial charge in [-0.05, 0) is 72.7 Å². The number of rotatable bonds is 11. The highest BCUT2D eigenvalue weighted by atomic mass is 32.2. The monoisotopic (exact) mass is 520 g/mol. The zero-order chi connectivity index (χ0) is 26.3. The van der Waals surface area contributed by atoms with E-state index in [0.717, 1.165) is 36.5 Å². The SMILES string of the molecule is Cc1ccc(C(C)C)c(OCCCCn2c(C(Sc3ccccc3)c3ccccc3)nc3ccccc32)c1. The van der Waals surface area contributed by atoms with Gasteiger partial charge in [-0.3, -0.25) is 0 Å². The van der Waals surface area contributed by atoms with Crippen LogP contribution in [0.4, 0.5) is 0 Å². The summed E-state index contributed by atoms with van der Waals surface area (Å²) < 4.78 is 8.71. The van der Waals surface area contributed by atoms with Crippen LogP contribution in [0.3, 0.4) is 0 Å². The lowest BCUT2D eigenvalue weighted by Gasteiger charge is -2.19. The van der Waals surface area contributed by atoms with E-state index in [4.69, 9.17) is 9.72 Å². The van der Waals surface area contributed by atoms with Crippen molar-refractivity contribution in [3.8, 4) is 5.75 Å². The molecule has 3 nitrogen and oxygen atoms in total. The number of aryl methyl sites for hydroxylation is 2. The normalized spacial score (nSPS) is 12.2. The number of hydrogen-bond donors (Lipinski definition) is 0. The van der Waals surface area contributed by atoms with Crippen molar-refractivity contribution >= 4 is 22.8 Å². The topological polar surface area (TPSA) is 27.1 Å². The quantitative estimate of drug-likeness (QED) is 0.128. The van der Waals surface area contributed by atoms with E-state index in [0.29, 0.717) is 12.5 Å². The first-order valence-corrected chi connectivity index (χ1v) is 14.4. The minimum Gasteiger partial charge on any atom is -0.493 e. The first-order chi connectivity index (χ1) is 18.6. The summed E-state index contributed by atoms with van der Waals surface area (Å²) in [6.07, 6.45) is 2.01. The molecular weight excluding hydrogens is 484 g/mol. The Hall–Kier alpha value is -3.50. The maximum absolute atomic E-state index is 6.28. The Morgan fingerprint density at radius 1 is 0.816 bits per heavy atom. The molecule has 38 heavy (non-hydrogen) atoms. The number of ether oxygens (including phenoxy) is 1. The molecule has 0 bridgehead atoms. The molecule has 0 saturated heterocycles. The highest BCUT2D eigenvalue weighted by Crippen LogP contribution is 2.41. The molecule has 5 rings (SSSR count). The molecule has 0 aliphatic carbocycles. The predicted octanol–water partition coefficient (Wildman–Crippen LogP) is 9.21. The van der Waals surface area contributed by atoms with Crippen molar-refractivity contribution in [1.82, 2.24) is 9.55 Å². The van der Waals surface area contributed by atoms with Gasteiger partial charge in [-0.25, -0.2) is 4.98 Å². The van der Waals surface area contributed by atoms with Crippen molar-refractivity contribution in [2.45, 2.75) is 56.2 Å². The summed E-state index contributed by atoms with van der Waals surface area (Å²) in [6.45, 7) is 8.19. The van der Waals surface area contributed by atoms with E-state index in [1.807, 2.05) is 11.8 Å². The fourth-order valence-corrected chi connectivity index (χ4v) is 6.02. The molecular formula is C34H36N2OS. The molecule has 0 aliphatic heterocycles. The zero-order valence-electron chi connectivity index (χ0n) is 22.5. The third-order valence-corrected chi connectivity index (χ3v) is 8.11. The highest BCUT2D eigenvalue weighted by molar-refractivity contribution is 7.99. The van der Waals surface area contributed by atoms with Crippen LogP contribution in [0.15, 0.2) is 108 Å². The van der Waals surface area contributed by atoms with Gasteiger partial charge in [0.05, 0.1) is 22.9 Å². The van der Waals surface area contributed by atoms with Crippen LogP contribution < -0.4 is 4.74 Å². The number of thioether (sulfide) groups is 1. The lowest BCUT2D eigenvalue weighted by Crippen LogP contribution is -2.10. The fraction of sp³-hybridized carbons (Fsp3) is 0.265. The third kappa shape index (κ3) is 6.14. The number of nitrogens with zero attached hydrogens (tertiary/aromatic N) is 2. The van der Waals surface area contributed by atoms with Gasteiger partial charge in [-0.2, -0.15) is 0 Å². The first kappa shape index (κ1) is 26.1. The van der Waals surface area contributed by atoms with Gasteiger partial charge in [0.15, 0.2) is 0 Å². The van der Waals surface area contributed by atoms with Gasteiger partial charge in [0.25, 0.3) is 0 Å². The minimum absolute atomic E-state index is 0.100. The molecule has 0 N–H and O–H groups in total. The Kier molecular flexibility index (Phi) is 8.50. The third-order valence-electron chi connectivity index (χ3n) is 6.84. The second-order valence-electron chi connectivity index (χ2n) is 10.1. The van der Waals surface area contributed by atoms with E-state index in [1.54, 1.807) is 0 Å². The van der Waals surface area contributed by atoms with Crippen molar-refractivity contribution in [3.05, 3.63) is 126 Å². The summed E-state index contributed by atoms with van der Waals surface area (Å²) in [6, 6.07) is 36.4. The van der Waals surface area contributed by atoms with E-state index < -0.39 is 0 Å². The Labute approximate surface area is 230 Å². The molecule has 0 amide bonds. The average molecular weight is 521 g/mol. The van der Waals surface area contributed by atoms with E-state index in [1.165, 1.54) is 27.1 Å². The Balaban J connectivity index is 1.37. The molecule has 0 aliphatic rings. The van der Waals surface area contributed by atoms with Gasteiger partial charge >= 0.3 is 0 Å². The number of fused-ring (bicyclic) bond motifs is 1. The second-order valence-corrected chi connectivity index (χ2v) is 11.3. The molecule has 0 spiro atoms.